The molecular weight excluding hydrogens is 242 g/mol. The van der Waals surface area contributed by atoms with Crippen LogP contribution in [0.5, 0.6) is 0 Å². The average molecular weight is 255 g/mol. The second kappa shape index (κ2) is 3.43. The predicted octanol–water partition coefficient (Wildman–Crippen LogP) is 0.114. The maximum absolute atomic E-state index is 11.8. The summed E-state index contributed by atoms with van der Waals surface area (Å²) in [5.74, 6) is -0.0406. The molecule has 6 nitrogen and oxygen atoms in total. The Hall–Kier alpha value is -1.63. The van der Waals surface area contributed by atoms with Crippen molar-refractivity contribution in [2.75, 3.05) is 5.73 Å². The SMILES string of the molecule is CC1(C)C(=O)N(Cc2ccc(N)nc2)S1(=O)=O. The normalized spacial score (nSPS) is 21.1. The van der Waals surface area contributed by atoms with Crippen molar-refractivity contribution in [2.45, 2.75) is 25.1 Å². The van der Waals surface area contributed by atoms with Crippen molar-refractivity contribution in [1.82, 2.24) is 9.29 Å². The van der Waals surface area contributed by atoms with Crippen LogP contribution in [0.25, 0.3) is 0 Å². The third kappa shape index (κ3) is 1.57. The molecule has 7 heteroatoms. The fraction of sp³-hybridized carbons (Fsp3) is 0.400. The van der Waals surface area contributed by atoms with Gasteiger partial charge in [0.2, 0.25) is 0 Å². The van der Waals surface area contributed by atoms with Crippen LogP contribution < -0.4 is 5.73 Å². The molecule has 0 atom stereocenters. The van der Waals surface area contributed by atoms with Crippen LogP contribution in [0.2, 0.25) is 0 Å². The van der Waals surface area contributed by atoms with Crippen LogP contribution in [0.4, 0.5) is 5.82 Å². The molecule has 0 spiro atoms. The highest BCUT2D eigenvalue weighted by atomic mass is 32.2. The summed E-state index contributed by atoms with van der Waals surface area (Å²) in [6.45, 7) is 2.82. The van der Waals surface area contributed by atoms with Crippen LogP contribution in [0.1, 0.15) is 19.4 Å². The third-order valence-corrected chi connectivity index (χ3v) is 5.19. The largest absolute Gasteiger partial charge is 0.384 e. The Morgan fingerprint density at radius 3 is 2.53 bits per heavy atom. The Bertz CT molecular complexity index is 563. The lowest BCUT2D eigenvalue weighted by Crippen LogP contribution is -2.66. The molecule has 2 rings (SSSR count). The molecule has 0 aliphatic carbocycles. The number of nitrogens with two attached hydrogens (primary N) is 1. The average Bonchev–Trinajstić information content (AvgIpc) is 2.27. The van der Waals surface area contributed by atoms with Crippen molar-refractivity contribution in [1.29, 1.82) is 0 Å². The van der Waals surface area contributed by atoms with Crippen molar-refractivity contribution >= 4 is 21.7 Å². The van der Waals surface area contributed by atoms with Gasteiger partial charge >= 0.3 is 0 Å². The molecule has 2 heterocycles. The van der Waals surface area contributed by atoms with Crippen molar-refractivity contribution in [2.24, 2.45) is 0 Å². The zero-order valence-electron chi connectivity index (χ0n) is 9.54. The van der Waals surface area contributed by atoms with Gasteiger partial charge in [0.25, 0.3) is 15.9 Å². The number of hydrogen-bond acceptors (Lipinski definition) is 5. The number of hydrogen-bond donors (Lipinski definition) is 1. The fourth-order valence-corrected chi connectivity index (χ4v) is 3.12. The van der Waals surface area contributed by atoms with Gasteiger partial charge in [0.05, 0.1) is 6.54 Å². The van der Waals surface area contributed by atoms with Crippen LogP contribution >= 0.6 is 0 Å². The Balaban J connectivity index is 2.22. The topological polar surface area (TPSA) is 93.4 Å². The minimum Gasteiger partial charge on any atom is -0.384 e. The van der Waals surface area contributed by atoms with Gasteiger partial charge in [-0.1, -0.05) is 6.07 Å². The summed E-state index contributed by atoms with van der Waals surface area (Å²) < 4.78 is 23.2. The van der Waals surface area contributed by atoms with Gasteiger partial charge in [0, 0.05) is 6.20 Å². The zero-order chi connectivity index (χ0) is 12.8. The number of rotatable bonds is 2. The Kier molecular flexibility index (Phi) is 2.39. The molecule has 1 fully saturated rings. The van der Waals surface area contributed by atoms with Gasteiger partial charge < -0.3 is 5.73 Å². The molecule has 17 heavy (non-hydrogen) atoms. The van der Waals surface area contributed by atoms with E-state index in [1.807, 2.05) is 0 Å². The lowest BCUT2D eigenvalue weighted by Gasteiger charge is -2.42. The highest BCUT2D eigenvalue weighted by Gasteiger charge is 2.59. The van der Waals surface area contributed by atoms with Gasteiger partial charge in [-0.05, 0) is 25.5 Å². The van der Waals surface area contributed by atoms with Gasteiger partial charge in [0.1, 0.15) is 5.82 Å². The summed E-state index contributed by atoms with van der Waals surface area (Å²) in [4.78, 5) is 15.5. The Labute approximate surface area is 99.5 Å². The molecule has 1 amide bonds. The number of carbonyl (C=O) groups is 1. The van der Waals surface area contributed by atoms with Crippen LogP contribution in [0.3, 0.4) is 0 Å². The number of nitrogen functional groups attached to an aromatic ring is 1. The van der Waals surface area contributed by atoms with E-state index in [9.17, 15) is 13.2 Å². The van der Waals surface area contributed by atoms with Gasteiger partial charge in [-0.25, -0.2) is 17.7 Å². The van der Waals surface area contributed by atoms with E-state index in [1.54, 1.807) is 12.1 Å². The van der Waals surface area contributed by atoms with Crippen molar-refractivity contribution in [3.8, 4) is 0 Å². The summed E-state index contributed by atoms with van der Waals surface area (Å²) in [7, 11) is -3.53. The predicted molar refractivity (Wildman–Crippen MR) is 62.2 cm³/mol. The molecule has 0 unspecified atom stereocenters. The van der Waals surface area contributed by atoms with Crippen LogP contribution in [0.15, 0.2) is 18.3 Å². The highest BCUT2D eigenvalue weighted by molar-refractivity contribution is 7.94. The van der Waals surface area contributed by atoms with E-state index in [4.69, 9.17) is 5.73 Å². The molecule has 1 aromatic rings. The monoisotopic (exact) mass is 255 g/mol. The zero-order valence-corrected chi connectivity index (χ0v) is 10.4. The number of amides is 1. The first-order valence-electron chi connectivity index (χ1n) is 5.04. The summed E-state index contributed by atoms with van der Waals surface area (Å²) in [6, 6.07) is 3.22. The quantitative estimate of drug-likeness (QED) is 0.809. The maximum atomic E-state index is 11.8. The number of carbonyl (C=O) groups excluding carboxylic acids is 1. The van der Waals surface area contributed by atoms with Crippen molar-refractivity contribution in [3.05, 3.63) is 23.9 Å². The number of pyridine rings is 1. The second-order valence-electron chi connectivity index (χ2n) is 4.42. The molecule has 1 aliphatic rings. The molecule has 0 bridgehead atoms. The van der Waals surface area contributed by atoms with Crippen LogP contribution in [0, 0.1) is 0 Å². The number of sulfonamides is 1. The molecule has 0 radical (unpaired) electrons. The van der Waals surface area contributed by atoms with E-state index in [-0.39, 0.29) is 6.54 Å². The van der Waals surface area contributed by atoms with Gasteiger partial charge in [-0.15, -0.1) is 0 Å². The number of aromatic nitrogens is 1. The minimum absolute atomic E-state index is 0.0118. The number of anilines is 1. The molecule has 0 saturated carbocycles. The van der Waals surface area contributed by atoms with E-state index in [0.29, 0.717) is 11.4 Å². The smallest absolute Gasteiger partial charge is 0.259 e. The lowest BCUT2D eigenvalue weighted by molar-refractivity contribution is -0.132. The second-order valence-corrected chi connectivity index (χ2v) is 6.83. The fourth-order valence-electron chi connectivity index (χ4n) is 1.61. The first-order valence-corrected chi connectivity index (χ1v) is 6.48. The van der Waals surface area contributed by atoms with E-state index in [1.165, 1.54) is 20.0 Å². The summed E-state index contributed by atoms with van der Waals surface area (Å²) >= 11 is 0. The molecule has 2 N–H and O–H groups in total. The third-order valence-electron chi connectivity index (χ3n) is 2.85. The number of nitrogens with zero attached hydrogens (tertiary/aromatic N) is 2. The van der Waals surface area contributed by atoms with Gasteiger partial charge in [-0.3, -0.25) is 4.79 Å². The maximum Gasteiger partial charge on any atom is 0.259 e. The first-order chi connectivity index (χ1) is 7.76. The molecule has 92 valence electrons. The van der Waals surface area contributed by atoms with E-state index in [0.717, 1.165) is 4.31 Å². The summed E-state index contributed by atoms with van der Waals surface area (Å²) in [5, 5.41) is 0. The first kappa shape index (κ1) is 11.8. The van der Waals surface area contributed by atoms with E-state index < -0.39 is 20.7 Å². The Morgan fingerprint density at radius 1 is 1.41 bits per heavy atom. The standard InChI is InChI=1S/C10H13N3O3S/c1-10(2)9(14)13(17(10,15)16)6-7-3-4-8(11)12-5-7/h3-5H,6H2,1-2H3,(H2,11,12). The van der Waals surface area contributed by atoms with E-state index >= 15 is 0 Å². The molecule has 1 aliphatic heterocycles. The van der Waals surface area contributed by atoms with Gasteiger partial charge in [-0.2, -0.15) is 0 Å². The molecule has 1 aromatic heterocycles. The molecular formula is C10H13N3O3S. The lowest BCUT2D eigenvalue weighted by atomic mass is 10.1. The highest BCUT2D eigenvalue weighted by Crippen LogP contribution is 2.35. The van der Waals surface area contributed by atoms with Gasteiger partial charge in [0.15, 0.2) is 4.75 Å². The van der Waals surface area contributed by atoms with Crippen molar-refractivity contribution < 1.29 is 13.2 Å². The molecule has 1 saturated heterocycles. The summed E-state index contributed by atoms with van der Waals surface area (Å²) in [5.41, 5.74) is 6.05. The summed E-state index contributed by atoms with van der Waals surface area (Å²) in [6.07, 6.45) is 1.46. The van der Waals surface area contributed by atoms with Crippen LogP contribution in [-0.4, -0.2) is 28.4 Å². The van der Waals surface area contributed by atoms with Crippen LogP contribution in [-0.2, 0) is 21.4 Å². The Morgan fingerprint density at radius 2 is 2.06 bits per heavy atom. The minimum atomic E-state index is -3.53. The molecule has 0 aromatic carbocycles. The van der Waals surface area contributed by atoms with Crippen molar-refractivity contribution in [3.63, 3.8) is 0 Å². The van der Waals surface area contributed by atoms with E-state index in [2.05, 4.69) is 4.98 Å².